The van der Waals surface area contributed by atoms with Gasteiger partial charge in [-0.3, -0.25) is 14.2 Å². The molecule has 7 heteroatoms. The molecule has 7 nitrogen and oxygen atoms in total. The minimum absolute atomic E-state index is 0.114. The first-order valence-corrected chi connectivity index (χ1v) is 14.1. The van der Waals surface area contributed by atoms with E-state index in [0.717, 1.165) is 86.9 Å². The summed E-state index contributed by atoms with van der Waals surface area (Å²) in [5.41, 5.74) is 9.88. The smallest absolute Gasteiger partial charge is 0.185 e. The fourth-order valence-electron chi connectivity index (χ4n) is 5.60. The van der Waals surface area contributed by atoms with Crippen molar-refractivity contribution in [3.8, 4) is 11.5 Å². The maximum absolute atomic E-state index is 13.6. The van der Waals surface area contributed by atoms with Crippen molar-refractivity contribution >= 4 is 17.9 Å². The monoisotopic (exact) mass is 550 g/mol. The number of hydrogen-bond acceptors (Lipinski definition) is 5. The Morgan fingerprint density at radius 1 is 0.707 bits per heavy atom. The second-order valence-electron chi connectivity index (χ2n) is 10.8. The lowest BCUT2D eigenvalue weighted by Gasteiger charge is -2.18. The summed E-state index contributed by atoms with van der Waals surface area (Å²) in [6.45, 7) is 9.31. The van der Waals surface area contributed by atoms with Gasteiger partial charge in [0.2, 0.25) is 0 Å². The van der Waals surface area contributed by atoms with Crippen LogP contribution in [-0.2, 0) is 17.9 Å². The van der Waals surface area contributed by atoms with Crippen molar-refractivity contribution in [3.05, 3.63) is 105 Å². The molecule has 0 radical (unpaired) electrons. The van der Waals surface area contributed by atoms with Crippen LogP contribution < -0.4 is 9.47 Å². The van der Waals surface area contributed by atoms with E-state index in [1.165, 1.54) is 0 Å². The van der Waals surface area contributed by atoms with Gasteiger partial charge < -0.3 is 9.47 Å². The number of hydrogen-bond donors (Lipinski definition) is 0. The van der Waals surface area contributed by atoms with Crippen LogP contribution in [0.1, 0.15) is 64.3 Å². The SMILES string of the molecule is COc1ccc(C=C2CCCC(=Cc3ccc(OC)c(Cn4nc(C)cc4C)c3)C2=O)cc1Cn1nc(C)cc1C. The predicted octanol–water partition coefficient (Wildman–Crippen LogP) is 6.65. The molecule has 4 aromatic rings. The lowest BCUT2D eigenvalue weighted by atomic mass is 9.86. The highest BCUT2D eigenvalue weighted by Crippen LogP contribution is 2.31. The zero-order chi connectivity index (χ0) is 29.1. The van der Waals surface area contributed by atoms with Gasteiger partial charge in [-0.15, -0.1) is 0 Å². The van der Waals surface area contributed by atoms with Crippen LogP contribution in [0.2, 0.25) is 0 Å². The van der Waals surface area contributed by atoms with Crippen molar-refractivity contribution < 1.29 is 14.3 Å². The molecule has 1 fully saturated rings. The van der Waals surface area contributed by atoms with Crippen LogP contribution in [0.15, 0.2) is 59.7 Å². The van der Waals surface area contributed by atoms with Gasteiger partial charge in [-0.05, 0) is 107 Å². The van der Waals surface area contributed by atoms with E-state index in [2.05, 4.69) is 48.3 Å². The Balaban J connectivity index is 1.40. The van der Waals surface area contributed by atoms with Crippen LogP contribution in [0.25, 0.3) is 12.2 Å². The second kappa shape index (κ2) is 12.0. The summed E-state index contributed by atoms with van der Waals surface area (Å²) in [6, 6.07) is 16.3. The second-order valence-corrected chi connectivity index (χ2v) is 10.8. The first-order chi connectivity index (χ1) is 19.7. The molecule has 1 saturated carbocycles. The minimum Gasteiger partial charge on any atom is -0.496 e. The number of carbonyl (C=O) groups excluding carboxylic acids is 1. The average molecular weight is 551 g/mol. The highest BCUT2D eigenvalue weighted by atomic mass is 16.5. The molecular formula is C34H38N4O3. The van der Waals surface area contributed by atoms with Gasteiger partial charge in [0.25, 0.3) is 0 Å². The molecule has 0 aliphatic heterocycles. The summed E-state index contributed by atoms with van der Waals surface area (Å²) in [4.78, 5) is 13.6. The Bertz CT molecular complexity index is 1530. The Kier molecular flexibility index (Phi) is 8.24. The van der Waals surface area contributed by atoms with E-state index in [0.29, 0.717) is 13.1 Å². The Morgan fingerprint density at radius 3 is 1.51 bits per heavy atom. The van der Waals surface area contributed by atoms with Crippen LogP contribution in [0.4, 0.5) is 0 Å². The van der Waals surface area contributed by atoms with Gasteiger partial charge in [-0.1, -0.05) is 12.1 Å². The van der Waals surface area contributed by atoms with Gasteiger partial charge in [0.1, 0.15) is 11.5 Å². The largest absolute Gasteiger partial charge is 0.496 e. The third-order valence-electron chi connectivity index (χ3n) is 7.61. The van der Waals surface area contributed by atoms with Gasteiger partial charge >= 0.3 is 0 Å². The van der Waals surface area contributed by atoms with Crippen molar-refractivity contribution in [2.24, 2.45) is 0 Å². The molecule has 0 saturated heterocycles. The lowest BCUT2D eigenvalue weighted by molar-refractivity contribution is -0.112. The summed E-state index contributed by atoms with van der Waals surface area (Å²) in [5, 5.41) is 9.21. The van der Waals surface area contributed by atoms with Gasteiger partial charge in [0.05, 0.1) is 38.7 Å². The number of Topliss-reactive ketones (excluding diaryl/α,β-unsaturated/α-hetero) is 1. The number of nitrogens with zero attached hydrogens (tertiary/aromatic N) is 4. The lowest BCUT2D eigenvalue weighted by Crippen LogP contribution is -2.12. The number of allylic oxidation sites excluding steroid dienone is 2. The van der Waals surface area contributed by atoms with Crippen molar-refractivity contribution in [2.75, 3.05) is 14.2 Å². The van der Waals surface area contributed by atoms with Gasteiger partial charge in [-0.2, -0.15) is 10.2 Å². The van der Waals surface area contributed by atoms with Crippen LogP contribution in [0.3, 0.4) is 0 Å². The molecule has 1 aliphatic rings. The number of ketones is 1. The Hall–Kier alpha value is -4.39. The maximum atomic E-state index is 13.6. The van der Waals surface area contributed by atoms with Crippen LogP contribution in [0.5, 0.6) is 11.5 Å². The molecule has 2 aromatic heterocycles. The standard InChI is InChI=1S/C34H38N4O3/c1-22-14-24(3)37(35-22)20-30-18-26(10-12-32(30)40-5)16-28-8-7-9-29(34(28)39)17-27-11-13-33(41-6)31(19-27)21-38-25(4)15-23(2)36-38/h10-19H,7-9,20-21H2,1-6H3. The first-order valence-electron chi connectivity index (χ1n) is 14.1. The third-order valence-corrected chi connectivity index (χ3v) is 7.61. The fourth-order valence-corrected chi connectivity index (χ4v) is 5.60. The summed E-state index contributed by atoms with van der Waals surface area (Å²) in [6.07, 6.45) is 6.53. The molecule has 0 amide bonds. The van der Waals surface area contributed by atoms with E-state index < -0.39 is 0 Å². The van der Waals surface area contributed by atoms with Crippen LogP contribution in [0, 0.1) is 27.7 Å². The van der Waals surface area contributed by atoms with E-state index in [4.69, 9.17) is 9.47 Å². The molecule has 0 unspecified atom stereocenters. The zero-order valence-electron chi connectivity index (χ0n) is 24.8. The van der Waals surface area contributed by atoms with E-state index in [1.54, 1.807) is 14.2 Å². The van der Waals surface area contributed by atoms with E-state index in [9.17, 15) is 4.79 Å². The summed E-state index contributed by atoms with van der Waals surface area (Å²) >= 11 is 0. The number of carbonyl (C=O) groups is 1. The zero-order valence-corrected chi connectivity index (χ0v) is 24.8. The molecular weight excluding hydrogens is 512 g/mol. The van der Waals surface area contributed by atoms with Gasteiger partial charge in [-0.25, -0.2) is 0 Å². The average Bonchev–Trinajstić information content (AvgIpc) is 3.44. The molecule has 1 aliphatic carbocycles. The molecule has 5 rings (SSSR count). The molecule has 41 heavy (non-hydrogen) atoms. The van der Waals surface area contributed by atoms with E-state index in [-0.39, 0.29) is 5.78 Å². The quantitative estimate of drug-likeness (QED) is 0.230. The third kappa shape index (κ3) is 6.35. The Morgan fingerprint density at radius 2 is 1.15 bits per heavy atom. The normalized spacial score (nSPS) is 15.6. The maximum Gasteiger partial charge on any atom is 0.185 e. The molecule has 0 spiro atoms. The van der Waals surface area contributed by atoms with Gasteiger partial charge in [0.15, 0.2) is 5.78 Å². The minimum atomic E-state index is 0.114. The number of aryl methyl sites for hydroxylation is 4. The van der Waals surface area contributed by atoms with Crippen molar-refractivity contribution in [3.63, 3.8) is 0 Å². The summed E-state index contributed by atoms with van der Waals surface area (Å²) < 4.78 is 15.2. The number of ether oxygens (including phenoxy) is 2. The van der Waals surface area contributed by atoms with E-state index >= 15 is 0 Å². The molecule has 2 heterocycles. The molecule has 0 atom stereocenters. The van der Waals surface area contributed by atoms with E-state index in [1.807, 2.05) is 59.6 Å². The fraction of sp³-hybridized carbons (Fsp3) is 0.324. The van der Waals surface area contributed by atoms with Crippen molar-refractivity contribution in [1.82, 2.24) is 19.6 Å². The summed E-state index contributed by atoms with van der Waals surface area (Å²) in [5.74, 6) is 1.74. The van der Waals surface area contributed by atoms with Gasteiger partial charge in [0, 0.05) is 33.7 Å². The number of benzene rings is 2. The molecule has 0 bridgehead atoms. The first kappa shape index (κ1) is 28.1. The topological polar surface area (TPSA) is 71.2 Å². The Labute approximate surface area is 242 Å². The molecule has 212 valence electrons. The summed E-state index contributed by atoms with van der Waals surface area (Å²) in [7, 11) is 3.36. The van der Waals surface area contributed by atoms with Crippen molar-refractivity contribution in [2.45, 2.75) is 60.0 Å². The van der Waals surface area contributed by atoms with Crippen LogP contribution in [-0.4, -0.2) is 39.6 Å². The highest BCUT2D eigenvalue weighted by Gasteiger charge is 2.21. The number of methoxy groups -OCH3 is 2. The van der Waals surface area contributed by atoms with Crippen molar-refractivity contribution in [1.29, 1.82) is 0 Å². The predicted molar refractivity (Wildman–Crippen MR) is 162 cm³/mol. The number of aromatic nitrogens is 4. The van der Waals surface area contributed by atoms with Crippen LogP contribution >= 0.6 is 0 Å². The highest BCUT2D eigenvalue weighted by molar-refractivity contribution is 6.14. The molecule has 2 aromatic carbocycles. The number of rotatable bonds is 8. The molecule has 0 N–H and O–H groups in total.